The third kappa shape index (κ3) is 4.11. The topological polar surface area (TPSA) is 77.0 Å². The lowest BCUT2D eigenvalue weighted by Gasteiger charge is -2.25. The second-order valence-electron chi connectivity index (χ2n) is 5.82. The van der Waals surface area contributed by atoms with E-state index in [-0.39, 0.29) is 17.9 Å². The van der Waals surface area contributed by atoms with Crippen LogP contribution in [0.1, 0.15) is 22.8 Å². The number of aliphatic hydroxyl groups is 1. The van der Waals surface area contributed by atoms with E-state index >= 15 is 0 Å². The van der Waals surface area contributed by atoms with Gasteiger partial charge < -0.3 is 24.6 Å². The van der Waals surface area contributed by atoms with Gasteiger partial charge in [-0.15, -0.1) is 0 Å². The maximum absolute atomic E-state index is 12.6. The molecule has 1 unspecified atom stereocenters. The van der Waals surface area contributed by atoms with Gasteiger partial charge in [-0.3, -0.25) is 4.79 Å². The van der Waals surface area contributed by atoms with Crippen molar-refractivity contribution in [2.75, 3.05) is 27.9 Å². The van der Waals surface area contributed by atoms with Crippen LogP contribution in [0, 0.1) is 0 Å². The standard InChI is InChI=1S/C19H22BrNO5/c1-19(23,13-7-5-6-8-14(13)20)11-21-18(22)12-9-10-15(24-2)17(26-4)16(12)25-3/h5-10,23H,11H2,1-4H3,(H,21,22). The summed E-state index contributed by atoms with van der Waals surface area (Å²) in [6.45, 7) is 1.66. The van der Waals surface area contributed by atoms with Gasteiger partial charge >= 0.3 is 0 Å². The van der Waals surface area contributed by atoms with Gasteiger partial charge in [0.15, 0.2) is 11.5 Å². The molecule has 1 atom stereocenters. The minimum Gasteiger partial charge on any atom is -0.493 e. The number of halogens is 1. The van der Waals surface area contributed by atoms with Gasteiger partial charge in [0, 0.05) is 4.47 Å². The Morgan fingerprint density at radius 2 is 1.73 bits per heavy atom. The lowest BCUT2D eigenvalue weighted by molar-refractivity contribution is 0.0519. The summed E-state index contributed by atoms with van der Waals surface area (Å²) in [5.41, 5.74) is -0.285. The number of carbonyl (C=O) groups excluding carboxylic acids is 1. The second-order valence-corrected chi connectivity index (χ2v) is 6.67. The van der Waals surface area contributed by atoms with Crippen LogP contribution in [0.15, 0.2) is 40.9 Å². The molecule has 2 N–H and O–H groups in total. The Kier molecular flexibility index (Phi) is 6.50. The van der Waals surface area contributed by atoms with Gasteiger partial charge in [-0.2, -0.15) is 0 Å². The van der Waals surface area contributed by atoms with Gasteiger partial charge in [-0.25, -0.2) is 0 Å². The van der Waals surface area contributed by atoms with Crippen LogP contribution in [0.3, 0.4) is 0 Å². The van der Waals surface area contributed by atoms with Gasteiger partial charge in [-0.1, -0.05) is 34.1 Å². The Labute approximate surface area is 161 Å². The zero-order valence-corrected chi connectivity index (χ0v) is 16.7. The molecule has 1 amide bonds. The van der Waals surface area contributed by atoms with Gasteiger partial charge in [0.2, 0.25) is 5.75 Å². The van der Waals surface area contributed by atoms with Crippen molar-refractivity contribution >= 4 is 21.8 Å². The van der Waals surface area contributed by atoms with Gasteiger partial charge in [0.1, 0.15) is 5.60 Å². The van der Waals surface area contributed by atoms with E-state index in [1.54, 1.807) is 25.1 Å². The number of benzene rings is 2. The van der Waals surface area contributed by atoms with Gasteiger partial charge in [0.05, 0.1) is 33.4 Å². The highest BCUT2D eigenvalue weighted by Crippen LogP contribution is 2.39. The number of nitrogens with one attached hydrogen (secondary N) is 1. The molecular weight excluding hydrogens is 402 g/mol. The third-order valence-corrected chi connectivity index (χ3v) is 4.69. The number of methoxy groups -OCH3 is 3. The average molecular weight is 424 g/mol. The maximum atomic E-state index is 12.6. The lowest BCUT2D eigenvalue weighted by Crippen LogP contribution is -2.39. The molecule has 0 spiro atoms. The molecule has 0 heterocycles. The van der Waals surface area contributed by atoms with Crippen molar-refractivity contribution in [3.63, 3.8) is 0 Å². The number of ether oxygens (including phenoxy) is 3. The smallest absolute Gasteiger partial charge is 0.255 e. The molecule has 0 aliphatic rings. The summed E-state index contributed by atoms with van der Waals surface area (Å²) < 4.78 is 16.6. The fourth-order valence-electron chi connectivity index (χ4n) is 2.62. The van der Waals surface area contributed by atoms with Crippen LogP contribution in [0.25, 0.3) is 0 Å². The fourth-order valence-corrected chi connectivity index (χ4v) is 3.33. The second kappa shape index (κ2) is 8.42. The van der Waals surface area contributed by atoms with E-state index < -0.39 is 11.5 Å². The molecular formula is C19H22BrNO5. The first-order valence-corrected chi connectivity index (χ1v) is 8.69. The van der Waals surface area contributed by atoms with Gasteiger partial charge in [-0.05, 0) is 30.7 Å². The highest BCUT2D eigenvalue weighted by Gasteiger charge is 2.27. The van der Waals surface area contributed by atoms with E-state index in [1.807, 2.05) is 18.2 Å². The molecule has 140 valence electrons. The molecule has 2 rings (SSSR count). The summed E-state index contributed by atoms with van der Waals surface area (Å²) in [6.07, 6.45) is 0. The van der Waals surface area contributed by atoms with Crippen LogP contribution in [-0.2, 0) is 5.60 Å². The Morgan fingerprint density at radius 1 is 1.08 bits per heavy atom. The summed E-state index contributed by atoms with van der Waals surface area (Å²) in [6, 6.07) is 10.5. The monoisotopic (exact) mass is 423 g/mol. The number of carbonyl (C=O) groups is 1. The van der Waals surface area contributed by atoms with E-state index in [0.717, 1.165) is 4.47 Å². The fraction of sp³-hybridized carbons (Fsp3) is 0.316. The largest absolute Gasteiger partial charge is 0.493 e. The summed E-state index contributed by atoms with van der Waals surface area (Å²) in [4.78, 5) is 12.6. The predicted octanol–water partition coefficient (Wildman–Crippen LogP) is 3.11. The molecule has 0 aliphatic heterocycles. The summed E-state index contributed by atoms with van der Waals surface area (Å²) in [5.74, 6) is 0.668. The van der Waals surface area contributed by atoms with Gasteiger partial charge in [0.25, 0.3) is 5.91 Å². The Balaban J connectivity index is 2.24. The number of amides is 1. The number of hydrogen-bond donors (Lipinski definition) is 2. The minimum absolute atomic E-state index is 0.0198. The van der Waals surface area contributed by atoms with Crippen molar-refractivity contribution in [1.82, 2.24) is 5.32 Å². The average Bonchev–Trinajstić information content (AvgIpc) is 2.64. The SMILES string of the molecule is COc1ccc(C(=O)NCC(C)(O)c2ccccc2Br)c(OC)c1OC. The molecule has 0 aliphatic carbocycles. The van der Waals surface area contributed by atoms with Crippen LogP contribution in [-0.4, -0.2) is 38.9 Å². The molecule has 0 saturated heterocycles. The molecule has 26 heavy (non-hydrogen) atoms. The zero-order chi connectivity index (χ0) is 19.3. The predicted molar refractivity (Wildman–Crippen MR) is 102 cm³/mol. The highest BCUT2D eigenvalue weighted by atomic mass is 79.9. The first-order valence-electron chi connectivity index (χ1n) is 7.90. The Bertz CT molecular complexity index is 791. The van der Waals surface area contributed by atoms with E-state index in [9.17, 15) is 9.90 Å². The number of hydrogen-bond acceptors (Lipinski definition) is 5. The van der Waals surface area contributed by atoms with Crippen molar-refractivity contribution in [3.05, 3.63) is 52.0 Å². The first-order chi connectivity index (χ1) is 12.4. The van der Waals surface area contributed by atoms with Crippen molar-refractivity contribution in [2.24, 2.45) is 0 Å². The highest BCUT2D eigenvalue weighted by molar-refractivity contribution is 9.10. The Morgan fingerprint density at radius 3 is 2.31 bits per heavy atom. The lowest BCUT2D eigenvalue weighted by atomic mass is 9.96. The van der Waals surface area contributed by atoms with Crippen LogP contribution < -0.4 is 19.5 Å². The van der Waals surface area contributed by atoms with E-state index in [1.165, 1.54) is 21.3 Å². The third-order valence-electron chi connectivity index (χ3n) is 4.00. The molecule has 0 fully saturated rings. The molecule has 0 saturated carbocycles. The quantitative estimate of drug-likeness (QED) is 0.715. The minimum atomic E-state index is -1.25. The Hall–Kier alpha value is -2.25. The normalized spacial score (nSPS) is 12.8. The van der Waals surface area contributed by atoms with Crippen LogP contribution >= 0.6 is 15.9 Å². The van der Waals surface area contributed by atoms with Crippen LogP contribution in [0.2, 0.25) is 0 Å². The molecule has 6 nitrogen and oxygen atoms in total. The van der Waals surface area contributed by atoms with Crippen LogP contribution in [0.5, 0.6) is 17.2 Å². The molecule has 0 radical (unpaired) electrons. The molecule has 0 aromatic heterocycles. The zero-order valence-electron chi connectivity index (χ0n) is 15.1. The molecule has 7 heteroatoms. The van der Waals surface area contributed by atoms with E-state index in [2.05, 4.69) is 21.2 Å². The van der Waals surface area contributed by atoms with E-state index in [4.69, 9.17) is 14.2 Å². The summed E-state index contributed by atoms with van der Waals surface area (Å²) >= 11 is 3.42. The van der Waals surface area contributed by atoms with E-state index in [0.29, 0.717) is 17.1 Å². The molecule has 2 aromatic rings. The number of rotatable bonds is 7. The first kappa shape index (κ1) is 20.1. The van der Waals surface area contributed by atoms with Crippen molar-refractivity contribution in [2.45, 2.75) is 12.5 Å². The van der Waals surface area contributed by atoms with Crippen LogP contribution in [0.4, 0.5) is 0 Å². The van der Waals surface area contributed by atoms with Crippen molar-refractivity contribution < 1.29 is 24.1 Å². The van der Waals surface area contributed by atoms with Crippen molar-refractivity contribution in [3.8, 4) is 17.2 Å². The summed E-state index contributed by atoms with van der Waals surface area (Å²) in [5, 5.41) is 13.5. The van der Waals surface area contributed by atoms with Crippen molar-refractivity contribution in [1.29, 1.82) is 0 Å². The maximum Gasteiger partial charge on any atom is 0.255 e. The summed E-state index contributed by atoms with van der Waals surface area (Å²) in [7, 11) is 4.43. The molecule has 2 aromatic carbocycles. The molecule has 0 bridgehead atoms.